The van der Waals surface area contributed by atoms with Crippen molar-refractivity contribution in [1.29, 1.82) is 5.26 Å². The highest BCUT2D eigenvalue weighted by Gasteiger charge is 2.37. The van der Waals surface area contributed by atoms with Crippen molar-refractivity contribution in [2.45, 2.75) is 61.4 Å². The second-order valence-corrected chi connectivity index (χ2v) is 8.52. The van der Waals surface area contributed by atoms with Gasteiger partial charge in [-0.25, -0.2) is 0 Å². The Hall–Kier alpha value is -2.33. The Balaban J connectivity index is 1.52. The third kappa shape index (κ3) is 4.01. The zero-order valence-corrected chi connectivity index (χ0v) is 16.2. The maximum Gasteiger partial charge on any atom is 0.240 e. The molecule has 2 fully saturated rings. The fourth-order valence-electron chi connectivity index (χ4n) is 3.23. The van der Waals surface area contributed by atoms with Crippen LogP contribution in [-0.2, 0) is 4.79 Å². The molecule has 0 spiro atoms. The predicted octanol–water partition coefficient (Wildman–Crippen LogP) is 3.92. The summed E-state index contributed by atoms with van der Waals surface area (Å²) in [6.45, 7) is 2.31. The van der Waals surface area contributed by atoms with E-state index < -0.39 is 0 Å². The van der Waals surface area contributed by atoms with Gasteiger partial charge in [0.2, 0.25) is 5.91 Å². The second-order valence-electron chi connectivity index (χ2n) is 7.21. The molecular formula is C20H23N5OS. The maximum absolute atomic E-state index is 13.1. The number of nitriles is 1. The van der Waals surface area contributed by atoms with E-state index in [1.807, 2.05) is 37.3 Å². The number of benzene rings is 1. The van der Waals surface area contributed by atoms with E-state index in [2.05, 4.69) is 20.8 Å². The van der Waals surface area contributed by atoms with Crippen LogP contribution < -0.4 is 4.90 Å². The van der Waals surface area contributed by atoms with Gasteiger partial charge in [-0.15, -0.1) is 10.2 Å². The summed E-state index contributed by atoms with van der Waals surface area (Å²) in [5.41, 5.74) is 0.826. The Bertz CT molecular complexity index is 851. The van der Waals surface area contributed by atoms with Crippen LogP contribution in [0.15, 0.2) is 35.5 Å². The largest absolute Gasteiger partial charge is 0.310 e. The minimum Gasteiger partial charge on any atom is -0.310 e. The molecule has 2 aliphatic rings. The third-order valence-electron chi connectivity index (χ3n) is 4.96. The molecular weight excluding hydrogens is 358 g/mol. The molecule has 1 aromatic carbocycles. The summed E-state index contributed by atoms with van der Waals surface area (Å²) in [5, 5.41) is 18.4. The average molecular weight is 382 g/mol. The first-order valence-electron chi connectivity index (χ1n) is 9.54. The molecule has 0 bridgehead atoms. The standard InChI is InChI=1S/C20H23N5OS/c1-14(19(26)24(13-5-12-21)16-6-3-2-4-7-16)27-20-23-22-18(15-8-9-15)25(20)17-10-11-17/h2-4,6-7,14-15,17H,5,8-11,13H2,1H3/t14-/m1/s1. The molecule has 1 aromatic heterocycles. The van der Waals surface area contributed by atoms with Crippen molar-refractivity contribution in [1.82, 2.24) is 14.8 Å². The minimum atomic E-state index is -0.294. The van der Waals surface area contributed by atoms with Gasteiger partial charge in [0.15, 0.2) is 5.16 Å². The van der Waals surface area contributed by atoms with Crippen LogP contribution in [0.5, 0.6) is 0 Å². The van der Waals surface area contributed by atoms with Gasteiger partial charge >= 0.3 is 0 Å². The molecule has 2 saturated carbocycles. The summed E-state index contributed by atoms with van der Waals surface area (Å²) in [5.74, 6) is 1.65. The number of rotatable bonds is 8. The van der Waals surface area contributed by atoms with Gasteiger partial charge in [0, 0.05) is 24.2 Å². The molecule has 2 aliphatic carbocycles. The minimum absolute atomic E-state index is 0.000214. The first-order chi connectivity index (χ1) is 13.2. The van der Waals surface area contributed by atoms with Gasteiger partial charge in [0.05, 0.1) is 17.7 Å². The smallest absolute Gasteiger partial charge is 0.240 e. The summed E-state index contributed by atoms with van der Waals surface area (Å²) in [4.78, 5) is 14.9. The Morgan fingerprint density at radius 2 is 2.04 bits per heavy atom. The summed E-state index contributed by atoms with van der Waals surface area (Å²) < 4.78 is 2.27. The highest BCUT2D eigenvalue weighted by atomic mass is 32.2. The molecule has 0 aliphatic heterocycles. The van der Waals surface area contributed by atoms with Crippen LogP contribution >= 0.6 is 11.8 Å². The zero-order valence-electron chi connectivity index (χ0n) is 15.4. The molecule has 7 heteroatoms. The topological polar surface area (TPSA) is 74.8 Å². The lowest BCUT2D eigenvalue weighted by molar-refractivity contribution is -0.117. The van der Waals surface area contributed by atoms with Crippen molar-refractivity contribution in [2.24, 2.45) is 0 Å². The summed E-state index contributed by atoms with van der Waals surface area (Å²) >= 11 is 1.48. The van der Waals surface area contributed by atoms with Gasteiger partial charge in [0.1, 0.15) is 5.82 Å². The molecule has 0 saturated heterocycles. The number of aromatic nitrogens is 3. The fourth-order valence-corrected chi connectivity index (χ4v) is 4.22. The van der Waals surface area contributed by atoms with Crippen LogP contribution in [0.25, 0.3) is 0 Å². The van der Waals surface area contributed by atoms with Crippen LogP contribution in [0.1, 0.15) is 56.8 Å². The molecule has 1 amide bonds. The quantitative estimate of drug-likeness (QED) is 0.648. The van der Waals surface area contributed by atoms with E-state index in [4.69, 9.17) is 5.26 Å². The average Bonchev–Trinajstić information content (AvgIpc) is 3.62. The number of hydrogen-bond acceptors (Lipinski definition) is 5. The van der Waals surface area contributed by atoms with Crippen molar-refractivity contribution < 1.29 is 4.79 Å². The van der Waals surface area contributed by atoms with Crippen LogP contribution in [0.4, 0.5) is 5.69 Å². The Morgan fingerprint density at radius 1 is 1.30 bits per heavy atom. The van der Waals surface area contributed by atoms with E-state index in [-0.39, 0.29) is 11.2 Å². The summed E-state index contributed by atoms with van der Waals surface area (Å²) in [6, 6.07) is 12.2. The molecule has 0 N–H and O–H groups in total. The van der Waals surface area contributed by atoms with Crippen molar-refractivity contribution >= 4 is 23.4 Å². The highest BCUT2D eigenvalue weighted by molar-refractivity contribution is 8.00. The SMILES string of the molecule is C[C@@H](Sc1nnc(C2CC2)n1C1CC1)C(=O)N(CCC#N)c1ccccc1. The van der Waals surface area contributed by atoms with Crippen LogP contribution in [-0.4, -0.2) is 32.5 Å². The molecule has 1 atom stereocenters. The fraction of sp³-hybridized carbons (Fsp3) is 0.500. The van der Waals surface area contributed by atoms with E-state index >= 15 is 0 Å². The van der Waals surface area contributed by atoms with E-state index in [1.54, 1.807) is 4.90 Å². The second kappa shape index (κ2) is 7.73. The highest BCUT2D eigenvalue weighted by Crippen LogP contribution is 2.46. The van der Waals surface area contributed by atoms with Gasteiger partial charge in [0.25, 0.3) is 0 Å². The van der Waals surface area contributed by atoms with E-state index in [0.29, 0.717) is 24.9 Å². The Labute approximate surface area is 163 Å². The molecule has 0 unspecified atom stereocenters. The normalized spacial score (nSPS) is 17.3. The predicted molar refractivity (Wildman–Crippen MR) is 105 cm³/mol. The zero-order chi connectivity index (χ0) is 18.8. The van der Waals surface area contributed by atoms with Gasteiger partial charge in [-0.3, -0.25) is 4.79 Å². The number of carbonyl (C=O) groups is 1. The molecule has 6 nitrogen and oxygen atoms in total. The lowest BCUT2D eigenvalue weighted by Crippen LogP contribution is -2.37. The van der Waals surface area contributed by atoms with Gasteiger partial charge in [-0.05, 0) is 44.7 Å². The van der Waals surface area contributed by atoms with Crippen molar-refractivity contribution in [2.75, 3.05) is 11.4 Å². The molecule has 1 heterocycles. The molecule has 4 rings (SSSR count). The van der Waals surface area contributed by atoms with Crippen LogP contribution in [0.2, 0.25) is 0 Å². The molecule has 0 radical (unpaired) electrons. The van der Waals surface area contributed by atoms with E-state index in [1.165, 1.54) is 37.4 Å². The van der Waals surface area contributed by atoms with Gasteiger partial charge < -0.3 is 9.47 Å². The number of hydrogen-bond donors (Lipinski definition) is 0. The number of thioether (sulfide) groups is 1. The molecule has 2 aromatic rings. The van der Waals surface area contributed by atoms with Crippen LogP contribution in [0, 0.1) is 11.3 Å². The Kier molecular flexibility index (Phi) is 5.17. The molecule has 27 heavy (non-hydrogen) atoms. The maximum atomic E-state index is 13.1. The molecule has 140 valence electrons. The van der Waals surface area contributed by atoms with E-state index in [0.717, 1.165) is 16.7 Å². The van der Waals surface area contributed by atoms with Crippen molar-refractivity contribution in [3.63, 3.8) is 0 Å². The first-order valence-corrected chi connectivity index (χ1v) is 10.4. The number of nitrogens with zero attached hydrogens (tertiary/aromatic N) is 5. The Morgan fingerprint density at radius 3 is 2.67 bits per heavy atom. The summed E-state index contributed by atoms with van der Waals surface area (Å²) in [6.07, 6.45) is 5.04. The lowest BCUT2D eigenvalue weighted by atomic mass is 10.2. The van der Waals surface area contributed by atoms with Crippen molar-refractivity contribution in [3.05, 3.63) is 36.2 Å². The first kappa shape index (κ1) is 18.1. The summed E-state index contributed by atoms with van der Waals surface area (Å²) in [7, 11) is 0. The number of amides is 1. The lowest BCUT2D eigenvalue weighted by Gasteiger charge is -2.25. The number of carbonyl (C=O) groups excluding carboxylic acids is 1. The van der Waals surface area contributed by atoms with E-state index in [9.17, 15) is 4.79 Å². The van der Waals surface area contributed by atoms with Gasteiger partial charge in [-0.1, -0.05) is 30.0 Å². The number of para-hydroxylation sites is 1. The van der Waals surface area contributed by atoms with Crippen molar-refractivity contribution in [3.8, 4) is 6.07 Å². The van der Waals surface area contributed by atoms with Gasteiger partial charge in [-0.2, -0.15) is 5.26 Å². The monoisotopic (exact) mass is 381 g/mol. The number of anilines is 1. The third-order valence-corrected chi connectivity index (χ3v) is 6.00. The van der Waals surface area contributed by atoms with Crippen LogP contribution in [0.3, 0.4) is 0 Å².